The Morgan fingerprint density at radius 1 is 1.00 bits per heavy atom. The van der Waals surface area contributed by atoms with Gasteiger partial charge in [-0.05, 0) is 36.6 Å². The first kappa shape index (κ1) is 12.7. The molecule has 0 radical (unpaired) electrons. The highest BCUT2D eigenvalue weighted by Crippen LogP contribution is 2.24. The van der Waals surface area contributed by atoms with Crippen LogP contribution in [-0.4, -0.2) is 0 Å². The molecule has 18 heavy (non-hydrogen) atoms. The SMILES string of the molecule is CCCC(Nc1cccc(C)c1)c1ccccc1. The third-order valence-corrected chi connectivity index (χ3v) is 3.14. The van der Waals surface area contributed by atoms with Crippen LogP contribution in [0.25, 0.3) is 0 Å². The van der Waals surface area contributed by atoms with Crippen LogP contribution in [0.15, 0.2) is 54.6 Å². The van der Waals surface area contributed by atoms with Crippen LogP contribution in [-0.2, 0) is 0 Å². The molecule has 0 aromatic heterocycles. The van der Waals surface area contributed by atoms with Crippen molar-refractivity contribution < 1.29 is 0 Å². The van der Waals surface area contributed by atoms with Gasteiger partial charge in [0.1, 0.15) is 0 Å². The van der Waals surface area contributed by atoms with Crippen molar-refractivity contribution in [1.29, 1.82) is 0 Å². The number of aryl methyl sites for hydroxylation is 1. The third-order valence-electron chi connectivity index (χ3n) is 3.14. The minimum absolute atomic E-state index is 0.401. The van der Waals surface area contributed by atoms with Gasteiger partial charge in [0.15, 0.2) is 0 Å². The van der Waals surface area contributed by atoms with Gasteiger partial charge in [0.25, 0.3) is 0 Å². The number of hydrogen-bond acceptors (Lipinski definition) is 1. The van der Waals surface area contributed by atoms with Crippen LogP contribution in [0, 0.1) is 6.92 Å². The molecule has 2 aromatic carbocycles. The topological polar surface area (TPSA) is 12.0 Å². The zero-order valence-corrected chi connectivity index (χ0v) is 11.2. The van der Waals surface area contributed by atoms with E-state index in [2.05, 4.69) is 73.8 Å². The Labute approximate surface area is 110 Å². The predicted molar refractivity (Wildman–Crippen MR) is 78.9 cm³/mol. The minimum Gasteiger partial charge on any atom is -0.378 e. The van der Waals surface area contributed by atoms with E-state index in [1.165, 1.54) is 23.2 Å². The number of nitrogens with one attached hydrogen (secondary N) is 1. The smallest absolute Gasteiger partial charge is 0.0513 e. The molecule has 0 saturated heterocycles. The minimum atomic E-state index is 0.401. The van der Waals surface area contributed by atoms with E-state index in [-0.39, 0.29) is 0 Å². The first-order valence-electron chi connectivity index (χ1n) is 6.67. The molecule has 94 valence electrons. The Bertz CT molecular complexity index is 476. The van der Waals surface area contributed by atoms with Crippen LogP contribution < -0.4 is 5.32 Å². The first-order chi connectivity index (χ1) is 8.79. The van der Waals surface area contributed by atoms with E-state index in [0.717, 1.165) is 6.42 Å². The molecule has 1 unspecified atom stereocenters. The molecule has 0 saturated carbocycles. The van der Waals surface area contributed by atoms with Gasteiger partial charge in [-0.3, -0.25) is 0 Å². The second kappa shape index (κ2) is 6.25. The van der Waals surface area contributed by atoms with Crippen molar-refractivity contribution in [3.63, 3.8) is 0 Å². The van der Waals surface area contributed by atoms with E-state index >= 15 is 0 Å². The summed E-state index contributed by atoms with van der Waals surface area (Å²) >= 11 is 0. The largest absolute Gasteiger partial charge is 0.378 e. The molecule has 0 heterocycles. The van der Waals surface area contributed by atoms with Crippen LogP contribution in [0.4, 0.5) is 5.69 Å². The van der Waals surface area contributed by atoms with Gasteiger partial charge >= 0.3 is 0 Å². The highest BCUT2D eigenvalue weighted by atomic mass is 14.9. The second-order valence-corrected chi connectivity index (χ2v) is 4.77. The van der Waals surface area contributed by atoms with Gasteiger partial charge in [-0.15, -0.1) is 0 Å². The van der Waals surface area contributed by atoms with Gasteiger partial charge in [0.05, 0.1) is 6.04 Å². The Morgan fingerprint density at radius 3 is 2.44 bits per heavy atom. The number of rotatable bonds is 5. The first-order valence-corrected chi connectivity index (χ1v) is 6.67. The molecular formula is C17H21N. The molecule has 0 bridgehead atoms. The number of benzene rings is 2. The van der Waals surface area contributed by atoms with Gasteiger partial charge in [0, 0.05) is 5.69 Å². The third kappa shape index (κ3) is 3.36. The summed E-state index contributed by atoms with van der Waals surface area (Å²) < 4.78 is 0. The summed E-state index contributed by atoms with van der Waals surface area (Å²) in [6.07, 6.45) is 2.33. The van der Waals surface area contributed by atoms with Gasteiger partial charge < -0.3 is 5.32 Å². The molecule has 0 spiro atoms. The Morgan fingerprint density at radius 2 is 1.78 bits per heavy atom. The molecule has 1 nitrogen and oxygen atoms in total. The maximum absolute atomic E-state index is 3.64. The van der Waals surface area contributed by atoms with E-state index in [9.17, 15) is 0 Å². The standard InChI is InChI=1S/C17H21N/c1-3-8-17(15-10-5-4-6-11-15)18-16-12-7-9-14(2)13-16/h4-7,9-13,17-18H,3,8H2,1-2H3. The van der Waals surface area contributed by atoms with Gasteiger partial charge in [-0.25, -0.2) is 0 Å². The van der Waals surface area contributed by atoms with E-state index in [0.29, 0.717) is 6.04 Å². The molecule has 2 aromatic rings. The summed E-state index contributed by atoms with van der Waals surface area (Å²) in [4.78, 5) is 0. The van der Waals surface area contributed by atoms with Crippen LogP contribution in [0.1, 0.15) is 36.9 Å². The van der Waals surface area contributed by atoms with Crippen LogP contribution in [0.3, 0.4) is 0 Å². The van der Waals surface area contributed by atoms with E-state index in [4.69, 9.17) is 0 Å². The molecule has 1 N–H and O–H groups in total. The fraction of sp³-hybridized carbons (Fsp3) is 0.294. The van der Waals surface area contributed by atoms with Crippen molar-refractivity contribution in [3.05, 3.63) is 65.7 Å². The fourth-order valence-corrected chi connectivity index (χ4v) is 2.23. The summed E-state index contributed by atoms with van der Waals surface area (Å²) in [7, 11) is 0. The summed E-state index contributed by atoms with van der Waals surface area (Å²) in [5.41, 5.74) is 3.86. The Hall–Kier alpha value is -1.76. The molecule has 0 amide bonds. The lowest BCUT2D eigenvalue weighted by atomic mass is 10.0. The molecule has 2 rings (SSSR count). The summed E-state index contributed by atoms with van der Waals surface area (Å²) in [5.74, 6) is 0. The van der Waals surface area contributed by atoms with E-state index in [1.54, 1.807) is 0 Å². The van der Waals surface area contributed by atoms with Crippen LogP contribution in [0.2, 0.25) is 0 Å². The summed E-state index contributed by atoms with van der Waals surface area (Å²) in [6, 6.07) is 19.6. The zero-order valence-electron chi connectivity index (χ0n) is 11.2. The normalized spacial score (nSPS) is 12.1. The lowest BCUT2D eigenvalue weighted by Crippen LogP contribution is -2.10. The molecule has 1 heteroatoms. The molecule has 0 aliphatic rings. The van der Waals surface area contributed by atoms with Crippen molar-refractivity contribution in [2.75, 3.05) is 5.32 Å². The monoisotopic (exact) mass is 239 g/mol. The quantitative estimate of drug-likeness (QED) is 0.778. The highest BCUT2D eigenvalue weighted by molar-refractivity contribution is 5.47. The highest BCUT2D eigenvalue weighted by Gasteiger charge is 2.09. The maximum Gasteiger partial charge on any atom is 0.0513 e. The van der Waals surface area contributed by atoms with Crippen molar-refractivity contribution in [1.82, 2.24) is 0 Å². The lowest BCUT2D eigenvalue weighted by molar-refractivity contribution is 0.677. The van der Waals surface area contributed by atoms with Crippen molar-refractivity contribution in [2.24, 2.45) is 0 Å². The zero-order chi connectivity index (χ0) is 12.8. The molecular weight excluding hydrogens is 218 g/mol. The van der Waals surface area contributed by atoms with Gasteiger partial charge in [-0.2, -0.15) is 0 Å². The molecule has 1 atom stereocenters. The molecule has 0 aliphatic carbocycles. The average Bonchev–Trinajstić information content (AvgIpc) is 2.39. The molecule has 0 aliphatic heterocycles. The number of hydrogen-bond donors (Lipinski definition) is 1. The van der Waals surface area contributed by atoms with Crippen molar-refractivity contribution in [2.45, 2.75) is 32.7 Å². The van der Waals surface area contributed by atoms with Crippen molar-refractivity contribution >= 4 is 5.69 Å². The fourth-order valence-electron chi connectivity index (χ4n) is 2.23. The van der Waals surface area contributed by atoms with Crippen molar-refractivity contribution in [3.8, 4) is 0 Å². The summed E-state index contributed by atoms with van der Waals surface area (Å²) in [5, 5.41) is 3.64. The lowest BCUT2D eigenvalue weighted by Gasteiger charge is -2.20. The molecule has 0 fully saturated rings. The second-order valence-electron chi connectivity index (χ2n) is 4.77. The predicted octanol–water partition coefficient (Wildman–Crippen LogP) is 4.95. The van der Waals surface area contributed by atoms with Crippen LogP contribution in [0.5, 0.6) is 0 Å². The van der Waals surface area contributed by atoms with E-state index < -0.39 is 0 Å². The van der Waals surface area contributed by atoms with Gasteiger partial charge in [-0.1, -0.05) is 55.8 Å². The summed E-state index contributed by atoms with van der Waals surface area (Å²) in [6.45, 7) is 4.36. The maximum atomic E-state index is 3.64. The van der Waals surface area contributed by atoms with Gasteiger partial charge in [0.2, 0.25) is 0 Å². The van der Waals surface area contributed by atoms with Crippen LogP contribution >= 0.6 is 0 Å². The Kier molecular flexibility index (Phi) is 4.40. The average molecular weight is 239 g/mol. The number of anilines is 1. The van der Waals surface area contributed by atoms with E-state index in [1.807, 2.05) is 0 Å². The Balaban J connectivity index is 2.16.